The topological polar surface area (TPSA) is 35.8 Å². The third kappa shape index (κ3) is 4.10. The lowest BCUT2D eigenvalue weighted by atomic mass is 10.1. The number of benzene rings is 2. The molecule has 1 N–H and O–H groups in total. The third-order valence-corrected chi connectivity index (χ3v) is 3.15. The molecule has 0 aliphatic carbocycles. The summed E-state index contributed by atoms with van der Waals surface area (Å²) < 4.78 is 0. The van der Waals surface area contributed by atoms with Gasteiger partial charge in [0.2, 0.25) is 0 Å². The van der Waals surface area contributed by atoms with Gasteiger partial charge in [-0.2, -0.15) is 5.26 Å². The normalized spacial score (nSPS) is 11.8. The van der Waals surface area contributed by atoms with Crippen molar-refractivity contribution in [3.05, 3.63) is 70.7 Å². The number of halogens is 1. The summed E-state index contributed by atoms with van der Waals surface area (Å²) in [5.74, 6) is 0. The first kappa shape index (κ1) is 13.6. The number of nitrogens with one attached hydrogen (secondary N) is 1. The average Bonchev–Trinajstić information content (AvgIpc) is 2.45. The molecule has 0 heterocycles. The van der Waals surface area contributed by atoms with Gasteiger partial charge in [0, 0.05) is 11.6 Å². The van der Waals surface area contributed by atoms with Gasteiger partial charge < -0.3 is 0 Å². The average molecular weight is 271 g/mol. The van der Waals surface area contributed by atoms with Gasteiger partial charge in [-0.05, 0) is 29.7 Å². The zero-order valence-corrected chi connectivity index (χ0v) is 11.3. The van der Waals surface area contributed by atoms with Gasteiger partial charge in [0.1, 0.15) is 6.04 Å². The van der Waals surface area contributed by atoms with Crippen LogP contribution in [0.25, 0.3) is 0 Å². The van der Waals surface area contributed by atoms with Crippen molar-refractivity contribution in [2.24, 2.45) is 0 Å². The second-order valence-electron chi connectivity index (χ2n) is 4.31. The van der Waals surface area contributed by atoms with Crippen molar-refractivity contribution in [1.82, 2.24) is 5.32 Å². The largest absolute Gasteiger partial charge is 0.298 e. The van der Waals surface area contributed by atoms with Crippen molar-refractivity contribution in [3.63, 3.8) is 0 Å². The molecule has 0 bridgehead atoms. The van der Waals surface area contributed by atoms with Crippen LogP contribution < -0.4 is 5.32 Å². The second-order valence-corrected chi connectivity index (χ2v) is 4.74. The molecule has 2 aromatic carbocycles. The summed E-state index contributed by atoms with van der Waals surface area (Å²) >= 11 is 5.94. The van der Waals surface area contributed by atoms with Crippen LogP contribution in [0.1, 0.15) is 17.2 Å². The predicted molar refractivity (Wildman–Crippen MR) is 78.0 cm³/mol. The highest BCUT2D eigenvalue weighted by Gasteiger charge is 2.08. The maximum absolute atomic E-state index is 9.19. The van der Waals surface area contributed by atoms with E-state index in [1.54, 1.807) is 0 Å². The lowest BCUT2D eigenvalue weighted by molar-refractivity contribution is 0.629. The van der Waals surface area contributed by atoms with Gasteiger partial charge >= 0.3 is 0 Å². The van der Waals surface area contributed by atoms with Crippen molar-refractivity contribution in [1.29, 1.82) is 5.26 Å². The van der Waals surface area contributed by atoms with Crippen molar-refractivity contribution in [2.75, 3.05) is 6.54 Å². The summed E-state index contributed by atoms with van der Waals surface area (Å²) in [6, 6.07) is 19.6. The fourth-order valence-electron chi connectivity index (χ4n) is 1.94. The Morgan fingerprint density at radius 3 is 2.58 bits per heavy atom. The zero-order valence-electron chi connectivity index (χ0n) is 10.5. The summed E-state index contributed by atoms with van der Waals surface area (Å²) in [6.07, 6.45) is 0.853. The van der Waals surface area contributed by atoms with Crippen LogP contribution in [0.2, 0.25) is 5.02 Å². The van der Waals surface area contributed by atoms with E-state index in [0.717, 1.165) is 23.6 Å². The highest BCUT2D eigenvalue weighted by Crippen LogP contribution is 2.13. The predicted octanol–water partition coefficient (Wildman–Crippen LogP) is 3.74. The Labute approximate surface area is 118 Å². The van der Waals surface area contributed by atoms with Crippen LogP contribution in [-0.2, 0) is 6.42 Å². The minimum atomic E-state index is -0.264. The summed E-state index contributed by atoms with van der Waals surface area (Å²) in [4.78, 5) is 0. The third-order valence-electron chi connectivity index (χ3n) is 2.91. The van der Waals surface area contributed by atoms with Crippen molar-refractivity contribution >= 4 is 11.6 Å². The van der Waals surface area contributed by atoms with E-state index in [1.165, 1.54) is 5.56 Å². The van der Waals surface area contributed by atoms with Crippen LogP contribution in [0, 0.1) is 11.3 Å². The van der Waals surface area contributed by atoms with Crippen LogP contribution >= 0.6 is 11.6 Å². The van der Waals surface area contributed by atoms with E-state index in [2.05, 4.69) is 11.4 Å². The van der Waals surface area contributed by atoms with E-state index >= 15 is 0 Å². The first-order valence-corrected chi connectivity index (χ1v) is 6.60. The minimum absolute atomic E-state index is 0.264. The molecule has 0 saturated carbocycles. The van der Waals surface area contributed by atoms with Crippen LogP contribution in [0.4, 0.5) is 0 Å². The van der Waals surface area contributed by atoms with Gasteiger partial charge in [-0.15, -0.1) is 0 Å². The maximum atomic E-state index is 9.19. The van der Waals surface area contributed by atoms with Gasteiger partial charge in [0.25, 0.3) is 0 Å². The molecular formula is C16H15ClN2. The van der Waals surface area contributed by atoms with Gasteiger partial charge in [-0.25, -0.2) is 0 Å². The number of hydrogen-bond donors (Lipinski definition) is 1. The quantitative estimate of drug-likeness (QED) is 0.898. The summed E-state index contributed by atoms with van der Waals surface area (Å²) in [7, 11) is 0. The van der Waals surface area contributed by atoms with Crippen LogP contribution in [0.3, 0.4) is 0 Å². The molecule has 2 aromatic rings. The standard InChI is InChI=1S/C16H15ClN2/c17-15-8-4-5-13(11-15)9-10-19-16(12-18)14-6-2-1-3-7-14/h1-8,11,16,19H,9-10H2. The van der Waals surface area contributed by atoms with E-state index < -0.39 is 0 Å². The molecule has 19 heavy (non-hydrogen) atoms. The first-order chi connectivity index (χ1) is 9.29. The van der Waals surface area contributed by atoms with E-state index in [-0.39, 0.29) is 6.04 Å². The van der Waals surface area contributed by atoms with E-state index in [9.17, 15) is 5.26 Å². The molecule has 96 valence electrons. The van der Waals surface area contributed by atoms with Crippen molar-refractivity contribution < 1.29 is 0 Å². The molecule has 0 radical (unpaired) electrons. The minimum Gasteiger partial charge on any atom is -0.298 e. The SMILES string of the molecule is N#CC(NCCc1cccc(Cl)c1)c1ccccc1. The molecule has 0 aliphatic heterocycles. The van der Waals surface area contributed by atoms with Crippen molar-refractivity contribution in [2.45, 2.75) is 12.5 Å². The second kappa shape index (κ2) is 6.94. The lowest BCUT2D eigenvalue weighted by Crippen LogP contribution is -2.22. The fourth-order valence-corrected chi connectivity index (χ4v) is 2.15. The Bertz CT molecular complexity index is 560. The molecule has 0 amide bonds. The molecule has 0 aliphatic rings. The maximum Gasteiger partial charge on any atom is 0.121 e. The number of rotatable bonds is 5. The van der Waals surface area contributed by atoms with E-state index in [1.807, 2.05) is 54.6 Å². The first-order valence-electron chi connectivity index (χ1n) is 6.22. The Kier molecular flexibility index (Phi) is 4.97. The lowest BCUT2D eigenvalue weighted by Gasteiger charge is -2.11. The molecule has 3 heteroatoms. The monoisotopic (exact) mass is 270 g/mol. The molecule has 0 spiro atoms. The van der Waals surface area contributed by atoms with Crippen LogP contribution in [-0.4, -0.2) is 6.54 Å². The Hall–Kier alpha value is -1.82. The summed E-state index contributed by atoms with van der Waals surface area (Å²) in [5.41, 5.74) is 2.17. The molecule has 0 saturated heterocycles. The summed E-state index contributed by atoms with van der Waals surface area (Å²) in [6.45, 7) is 0.744. The number of hydrogen-bond acceptors (Lipinski definition) is 2. The molecule has 1 unspecified atom stereocenters. The molecular weight excluding hydrogens is 256 g/mol. The van der Waals surface area contributed by atoms with Gasteiger partial charge in [-0.1, -0.05) is 54.1 Å². The number of nitriles is 1. The molecule has 2 rings (SSSR count). The van der Waals surface area contributed by atoms with E-state index in [0.29, 0.717) is 0 Å². The van der Waals surface area contributed by atoms with Gasteiger partial charge in [0.05, 0.1) is 6.07 Å². The van der Waals surface area contributed by atoms with Gasteiger partial charge in [-0.3, -0.25) is 5.32 Å². The smallest absolute Gasteiger partial charge is 0.121 e. The number of nitrogens with zero attached hydrogens (tertiary/aromatic N) is 1. The highest BCUT2D eigenvalue weighted by atomic mass is 35.5. The molecule has 1 atom stereocenters. The fraction of sp³-hybridized carbons (Fsp3) is 0.188. The van der Waals surface area contributed by atoms with Crippen molar-refractivity contribution in [3.8, 4) is 6.07 Å². The summed E-state index contributed by atoms with van der Waals surface area (Å²) in [5, 5.41) is 13.2. The van der Waals surface area contributed by atoms with Crippen LogP contribution in [0.15, 0.2) is 54.6 Å². The van der Waals surface area contributed by atoms with Gasteiger partial charge in [0.15, 0.2) is 0 Å². The molecule has 0 aromatic heterocycles. The van der Waals surface area contributed by atoms with Crippen LogP contribution in [0.5, 0.6) is 0 Å². The Morgan fingerprint density at radius 1 is 1.11 bits per heavy atom. The molecule has 0 fully saturated rings. The Balaban J connectivity index is 1.90. The Morgan fingerprint density at radius 2 is 1.89 bits per heavy atom. The highest BCUT2D eigenvalue weighted by molar-refractivity contribution is 6.30. The molecule has 2 nitrogen and oxygen atoms in total. The zero-order chi connectivity index (χ0) is 13.5. The van der Waals surface area contributed by atoms with E-state index in [4.69, 9.17) is 11.6 Å².